The first-order valence-corrected chi connectivity index (χ1v) is 9.76. The lowest BCUT2D eigenvalue weighted by Gasteiger charge is -2.40. The Labute approximate surface area is 148 Å². The molecule has 0 N–H and O–H groups in total. The summed E-state index contributed by atoms with van der Waals surface area (Å²) in [6, 6.07) is 10.2. The van der Waals surface area contributed by atoms with Crippen molar-refractivity contribution in [3.63, 3.8) is 0 Å². The van der Waals surface area contributed by atoms with Crippen molar-refractivity contribution in [3.8, 4) is 0 Å². The SMILES string of the molecule is CCCCCCCCC1C(C)=C(c2ccccc2)C(=O)CC1(C)C. The van der Waals surface area contributed by atoms with Gasteiger partial charge in [-0.1, -0.05) is 95.2 Å². The predicted molar refractivity (Wildman–Crippen MR) is 104 cm³/mol. The van der Waals surface area contributed by atoms with Gasteiger partial charge in [0.1, 0.15) is 0 Å². The van der Waals surface area contributed by atoms with Crippen molar-refractivity contribution in [1.82, 2.24) is 0 Å². The van der Waals surface area contributed by atoms with Crippen LogP contribution in [-0.4, -0.2) is 5.78 Å². The molecule has 1 aromatic carbocycles. The average molecular weight is 327 g/mol. The lowest BCUT2D eigenvalue weighted by molar-refractivity contribution is -0.116. The maximum Gasteiger partial charge on any atom is 0.163 e. The van der Waals surface area contributed by atoms with E-state index < -0.39 is 0 Å². The van der Waals surface area contributed by atoms with Crippen molar-refractivity contribution in [2.45, 2.75) is 79.1 Å². The highest BCUT2D eigenvalue weighted by atomic mass is 16.1. The molecule has 0 aliphatic heterocycles. The second-order valence-corrected chi connectivity index (χ2v) is 8.12. The van der Waals surface area contributed by atoms with Crippen LogP contribution in [0, 0.1) is 11.3 Å². The third kappa shape index (κ3) is 4.59. The lowest BCUT2D eigenvalue weighted by Crippen LogP contribution is -2.34. The standard InChI is InChI=1S/C23H34O/c1-5-6-7-8-9-13-16-20-18(2)22(19-14-11-10-12-15-19)21(24)17-23(20,3)4/h10-12,14-15,20H,5-9,13,16-17H2,1-4H3. The normalized spacial score (nSPS) is 20.5. The van der Waals surface area contributed by atoms with Crippen LogP contribution < -0.4 is 0 Å². The zero-order valence-corrected chi connectivity index (χ0v) is 16.0. The molecular formula is C23H34O. The second kappa shape index (κ2) is 8.65. The summed E-state index contributed by atoms with van der Waals surface area (Å²) in [5, 5.41) is 0. The van der Waals surface area contributed by atoms with Gasteiger partial charge >= 0.3 is 0 Å². The van der Waals surface area contributed by atoms with Crippen LogP contribution in [0.5, 0.6) is 0 Å². The van der Waals surface area contributed by atoms with E-state index in [9.17, 15) is 4.79 Å². The molecule has 1 aliphatic rings. The quantitative estimate of drug-likeness (QED) is 0.479. The topological polar surface area (TPSA) is 17.1 Å². The van der Waals surface area contributed by atoms with Crippen molar-refractivity contribution in [2.75, 3.05) is 0 Å². The highest BCUT2D eigenvalue weighted by molar-refractivity contribution is 6.22. The van der Waals surface area contributed by atoms with Gasteiger partial charge in [-0.15, -0.1) is 0 Å². The van der Waals surface area contributed by atoms with Crippen LogP contribution >= 0.6 is 0 Å². The highest BCUT2D eigenvalue weighted by Crippen LogP contribution is 2.47. The number of allylic oxidation sites excluding steroid dienone is 2. The van der Waals surface area contributed by atoms with Crippen LogP contribution in [0.3, 0.4) is 0 Å². The number of unbranched alkanes of at least 4 members (excludes halogenated alkanes) is 5. The number of Topliss-reactive ketones (excluding diaryl/α,β-unsaturated/α-hetero) is 1. The fourth-order valence-corrected chi connectivity index (χ4v) is 4.34. The van der Waals surface area contributed by atoms with Crippen molar-refractivity contribution >= 4 is 11.4 Å². The Morgan fingerprint density at radius 3 is 2.29 bits per heavy atom. The monoisotopic (exact) mass is 326 g/mol. The summed E-state index contributed by atoms with van der Waals surface area (Å²) in [6.45, 7) is 9.01. The average Bonchev–Trinajstić information content (AvgIpc) is 2.53. The predicted octanol–water partition coefficient (Wildman–Crippen LogP) is 6.83. The summed E-state index contributed by atoms with van der Waals surface area (Å²) in [5.41, 5.74) is 3.49. The van der Waals surface area contributed by atoms with Crippen LogP contribution in [0.25, 0.3) is 5.57 Å². The van der Waals surface area contributed by atoms with E-state index in [-0.39, 0.29) is 5.41 Å². The third-order valence-electron chi connectivity index (χ3n) is 5.66. The number of carbonyl (C=O) groups excluding carboxylic acids is 1. The van der Waals surface area contributed by atoms with Gasteiger partial charge in [-0.05, 0) is 30.2 Å². The van der Waals surface area contributed by atoms with E-state index in [1.165, 1.54) is 50.5 Å². The molecule has 1 unspecified atom stereocenters. The third-order valence-corrected chi connectivity index (χ3v) is 5.66. The fraction of sp³-hybridized carbons (Fsp3) is 0.609. The number of hydrogen-bond donors (Lipinski definition) is 0. The molecule has 0 amide bonds. The first kappa shape index (κ1) is 19.0. The molecule has 132 valence electrons. The van der Waals surface area contributed by atoms with Gasteiger partial charge in [-0.25, -0.2) is 0 Å². The van der Waals surface area contributed by atoms with E-state index in [0.29, 0.717) is 18.1 Å². The first-order valence-electron chi connectivity index (χ1n) is 9.76. The van der Waals surface area contributed by atoms with Crippen molar-refractivity contribution in [3.05, 3.63) is 41.5 Å². The molecule has 0 heterocycles. The number of hydrogen-bond acceptors (Lipinski definition) is 1. The highest BCUT2D eigenvalue weighted by Gasteiger charge is 2.39. The minimum atomic E-state index is 0.0862. The Hall–Kier alpha value is -1.37. The van der Waals surface area contributed by atoms with Gasteiger partial charge in [-0.2, -0.15) is 0 Å². The van der Waals surface area contributed by atoms with Gasteiger partial charge in [0.05, 0.1) is 0 Å². The summed E-state index contributed by atoms with van der Waals surface area (Å²) in [6.07, 6.45) is 9.89. The van der Waals surface area contributed by atoms with E-state index in [4.69, 9.17) is 0 Å². The summed E-state index contributed by atoms with van der Waals surface area (Å²) in [5.74, 6) is 0.847. The molecule has 0 spiro atoms. The van der Waals surface area contributed by atoms with Gasteiger partial charge in [0, 0.05) is 12.0 Å². The Kier molecular flexibility index (Phi) is 6.83. The number of ketones is 1. The zero-order valence-electron chi connectivity index (χ0n) is 16.0. The molecule has 1 aliphatic carbocycles. The van der Waals surface area contributed by atoms with Crippen LogP contribution in [0.4, 0.5) is 0 Å². The number of carbonyl (C=O) groups is 1. The minimum Gasteiger partial charge on any atom is -0.294 e. The molecular weight excluding hydrogens is 292 g/mol. The van der Waals surface area contributed by atoms with Crippen LogP contribution in [0.1, 0.15) is 84.6 Å². The maximum atomic E-state index is 12.8. The van der Waals surface area contributed by atoms with Crippen LogP contribution in [0.15, 0.2) is 35.9 Å². The smallest absolute Gasteiger partial charge is 0.163 e. The van der Waals surface area contributed by atoms with Crippen molar-refractivity contribution in [1.29, 1.82) is 0 Å². The summed E-state index contributed by atoms with van der Waals surface area (Å²) in [7, 11) is 0. The lowest BCUT2D eigenvalue weighted by atomic mass is 9.63. The van der Waals surface area contributed by atoms with Gasteiger partial charge in [-0.3, -0.25) is 4.79 Å². The molecule has 1 atom stereocenters. The molecule has 1 aromatic rings. The van der Waals surface area contributed by atoms with Gasteiger partial charge < -0.3 is 0 Å². The van der Waals surface area contributed by atoms with Crippen LogP contribution in [0.2, 0.25) is 0 Å². The van der Waals surface area contributed by atoms with Gasteiger partial charge in [0.2, 0.25) is 0 Å². The van der Waals surface area contributed by atoms with E-state index in [0.717, 1.165) is 11.1 Å². The largest absolute Gasteiger partial charge is 0.294 e. The molecule has 0 fully saturated rings. The van der Waals surface area contributed by atoms with E-state index >= 15 is 0 Å². The Morgan fingerprint density at radius 2 is 1.62 bits per heavy atom. The van der Waals surface area contributed by atoms with Crippen molar-refractivity contribution < 1.29 is 4.79 Å². The fourth-order valence-electron chi connectivity index (χ4n) is 4.34. The Balaban J connectivity index is 2.12. The minimum absolute atomic E-state index is 0.0862. The summed E-state index contributed by atoms with van der Waals surface area (Å²) < 4.78 is 0. The van der Waals surface area contributed by atoms with E-state index in [2.05, 4.69) is 39.8 Å². The second-order valence-electron chi connectivity index (χ2n) is 8.12. The number of rotatable bonds is 8. The van der Waals surface area contributed by atoms with Crippen LogP contribution in [-0.2, 0) is 4.79 Å². The molecule has 24 heavy (non-hydrogen) atoms. The van der Waals surface area contributed by atoms with E-state index in [1.54, 1.807) is 0 Å². The molecule has 0 bridgehead atoms. The first-order chi connectivity index (χ1) is 11.5. The molecule has 1 heteroatoms. The van der Waals surface area contributed by atoms with E-state index in [1.807, 2.05) is 18.2 Å². The zero-order chi connectivity index (χ0) is 17.6. The molecule has 0 radical (unpaired) electrons. The summed E-state index contributed by atoms with van der Waals surface area (Å²) in [4.78, 5) is 12.8. The molecule has 1 nitrogen and oxygen atoms in total. The number of benzene rings is 1. The maximum absolute atomic E-state index is 12.8. The van der Waals surface area contributed by atoms with Crippen molar-refractivity contribution in [2.24, 2.45) is 11.3 Å². The molecule has 0 aromatic heterocycles. The molecule has 0 saturated carbocycles. The van der Waals surface area contributed by atoms with Gasteiger partial charge in [0.25, 0.3) is 0 Å². The Bertz CT molecular complexity index is 565. The molecule has 2 rings (SSSR count). The Morgan fingerprint density at radius 1 is 1.00 bits per heavy atom. The van der Waals surface area contributed by atoms with Gasteiger partial charge in [0.15, 0.2) is 5.78 Å². The summed E-state index contributed by atoms with van der Waals surface area (Å²) >= 11 is 0. The molecule has 0 saturated heterocycles.